The van der Waals surface area contributed by atoms with Crippen molar-refractivity contribution in [3.8, 4) is 0 Å². The quantitative estimate of drug-likeness (QED) is 0.805. The predicted octanol–water partition coefficient (Wildman–Crippen LogP) is 1.94. The normalized spacial score (nSPS) is 13.5. The first-order chi connectivity index (χ1) is 7.00. The number of nitrogens with one attached hydrogen (secondary N) is 1. The van der Waals surface area contributed by atoms with Crippen molar-refractivity contribution in [2.75, 3.05) is 20.6 Å². The molecule has 15 heavy (non-hydrogen) atoms. The standard InChI is InChI=1S/C12H22N2O/c1-9(14(4)5)7-13-8-12-6-10(2)15-11(12)3/h6,9,13H,7-8H2,1-5H3. The largest absolute Gasteiger partial charge is 0.466 e. The van der Waals surface area contributed by atoms with Crippen LogP contribution in [0.1, 0.15) is 24.0 Å². The highest BCUT2D eigenvalue weighted by molar-refractivity contribution is 5.19. The van der Waals surface area contributed by atoms with E-state index in [0.717, 1.165) is 24.6 Å². The van der Waals surface area contributed by atoms with E-state index >= 15 is 0 Å². The second kappa shape index (κ2) is 5.33. The summed E-state index contributed by atoms with van der Waals surface area (Å²) in [6.45, 7) is 8.09. The summed E-state index contributed by atoms with van der Waals surface area (Å²) in [6.07, 6.45) is 0. The minimum Gasteiger partial charge on any atom is -0.466 e. The van der Waals surface area contributed by atoms with Crippen LogP contribution in [0.2, 0.25) is 0 Å². The highest BCUT2D eigenvalue weighted by Crippen LogP contribution is 2.12. The van der Waals surface area contributed by atoms with E-state index in [1.807, 2.05) is 13.8 Å². The number of aryl methyl sites for hydroxylation is 2. The van der Waals surface area contributed by atoms with Gasteiger partial charge in [0.25, 0.3) is 0 Å². The molecule has 1 rings (SSSR count). The number of rotatable bonds is 5. The molecule has 0 saturated carbocycles. The molecule has 1 atom stereocenters. The van der Waals surface area contributed by atoms with Crippen LogP contribution in [-0.2, 0) is 6.54 Å². The van der Waals surface area contributed by atoms with E-state index in [0.29, 0.717) is 6.04 Å². The Morgan fingerprint density at radius 2 is 2.07 bits per heavy atom. The summed E-state index contributed by atoms with van der Waals surface area (Å²) in [5.74, 6) is 2.02. The Kier molecular flexibility index (Phi) is 4.36. The fourth-order valence-electron chi connectivity index (χ4n) is 1.46. The molecule has 0 aliphatic carbocycles. The van der Waals surface area contributed by atoms with E-state index in [4.69, 9.17) is 4.42 Å². The van der Waals surface area contributed by atoms with Crippen LogP contribution in [0.3, 0.4) is 0 Å². The first-order valence-corrected chi connectivity index (χ1v) is 5.43. The number of nitrogens with zero attached hydrogens (tertiary/aromatic N) is 1. The Hall–Kier alpha value is -0.800. The summed E-state index contributed by atoms with van der Waals surface area (Å²) >= 11 is 0. The molecular formula is C12H22N2O. The van der Waals surface area contributed by atoms with Crippen LogP contribution in [-0.4, -0.2) is 31.6 Å². The lowest BCUT2D eigenvalue weighted by molar-refractivity contribution is 0.302. The summed E-state index contributed by atoms with van der Waals surface area (Å²) < 4.78 is 5.47. The maximum absolute atomic E-state index is 5.47. The van der Waals surface area contributed by atoms with Gasteiger partial charge in [-0.25, -0.2) is 0 Å². The smallest absolute Gasteiger partial charge is 0.105 e. The van der Waals surface area contributed by atoms with Crippen LogP contribution in [0, 0.1) is 13.8 Å². The first kappa shape index (κ1) is 12.3. The monoisotopic (exact) mass is 210 g/mol. The second-order valence-corrected chi connectivity index (χ2v) is 4.38. The van der Waals surface area contributed by atoms with Crippen LogP contribution in [0.4, 0.5) is 0 Å². The first-order valence-electron chi connectivity index (χ1n) is 5.43. The Labute approximate surface area is 92.5 Å². The molecule has 1 N–H and O–H groups in total. The van der Waals surface area contributed by atoms with E-state index in [1.165, 1.54) is 5.56 Å². The zero-order valence-electron chi connectivity index (χ0n) is 10.4. The number of hydrogen-bond acceptors (Lipinski definition) is 3. The van der Waals surface area contributed by atoms with Gasteiger partial charge in [-0.15, -0.1) is 0 Å². The van der Waals surface area contributed by atoms with Gasteiger partial charge in [0, 0.05) is 24.7 Å². The van der Waals surface area contributed by atoms with Crippen LogP contribution in [0.15, 0.2) is 10.5 Å². The molecule has 0 fully saturated rings. The van der Waals surface area contributed by atoms with Crippen molar-refractivity contribution in [2.45, 2.75) is 33.4 Å². The van der Waals surface area contributed by atoms with E-state index in [2.05, 4.69) is 37.3 Å². The average molecular weight is 210 g/mol. The molecule has 86 valence electrons. The number of furan rings is 1. The Bertz CT molecular complexity index is 305. The molecule has 0 aliphatic heterocycles. The van der Waals surface area contributed by atoms with Gasteiger partial charge in [-0.05, 0) is 40.9 Å². The van der Waals surface area contributed by atoms with Crippen LogP contribution in [0.25, 0.3) is 0 Å². The van der Waals surface area contributed by atoms with Gasteiger partial charge in [-0.1, -0.05) is 0 Å². The van der Waals surface area contributed by atoms with E-state index in [9.17, 15) is 0 Å². The maximum Gasteiger partial charge on any atom is 0.105 e. The third-order valence-corrected chi connectivity index (χ3v) is 2.78. The SMILES string of the molecule is Cc1cc(CNCC(C)N(C)C)c(C)o1. The molecule has 1 aromatic heterocycles. The molecule has 3 heteroatoms. The molecule has 1 heterocycles. The second-order valence-electron chi connectivity index (χ2n) is 4.38. The van der Waals surface area contributed by atoms with Crippen molar-refractivity contribution in [3.63, 3.8) is 0 Å². The molecule has 0 aromatic carbocycles. The lowest BCUT2D eigenvalue weighted by Crippen LogP contribution is -2.35. The third kappa shape index (κ3) is 3.68. The molecular weight excluding hydrogens is 188 g/mol. The molecule has 3 nitrogen and oxygen atoms in total. The molecule has 1 aromatic rings. The fourth-order valence-corrected chi connectivity index (χ4v) is 1.46. The van der Waals surface area contributed by atoms with Crippen molar-refractivity contribution in [1.29, 1.82) is 0 Å². The molecule has 1 unspecified atom stereocenters. The van der Waals surface area contributed by atoms with Gasteiger partial charge in [0.15, 0.2) is 0 Å². The van der Waals surface area contributed by atoms with Crippen LogP contribution >= 0.6 is 0 Å². The van der Waals surface area contributed by atoms with Crippen LogP contribution < -0.4 is 5.32 Å². The highest BCUT2D eigenvalue weighted by atomic mass is 16.3. The Balaban J connectivity index is 2.35. The van der Waals surface area contributed by atoms with Gasteiger partial charge in [0.2, 0.25) is 0 Å². The lowest BCUT2D eigenvalue weighted by atomic mass is 10.2. The number of likely N-dealkylation sites (N-methyl/N-ethyl adjacent to an activating group) is 1. The summed E-state index contributed by atoms with van der Waals surface area (Å²) in [5.41, 5.74) is 1.26. The van der Waals surface area contributed by atoms with Gasteiger partial charge in [-0.2, -0.15) is 0 Å². The van der Waals surface area contributed by atoms with Gasteiger partial charge >= 0.3 is 0 Å². The van der Waals surface area contributed by atoms with Crippen LogP contribution in [0.5, 0.6) is 0 Å². The summed E-state index contributed by atoms with van der Waals surface area (Å²) in [4.78, 5) is 2.21. The average Bonchev–Trinajstić information content (AvgIpc) is 2.45. The molecule has 0 saturated heterocycles. The van der Waals surface area contributed by atoms with Gasteiger partial charge in [0.1, 0.15) is 11.5 Å². The molecule has 0 spiro atoms. The summed E-state index contributed by atoms with van der Waals surface area (Å²) in [6, 6.07) is 2.65. The minimum absolute atomic E-state index is 0.554. The predicted molar refractivity (Wildman–Crippen MR) is 63.0 cm³/mol. The number of hydrogen-bond donors (Lipinski definition) is 1. The van der Waals surface area contributed by atoms with Crippen molar-refractivity contribution in [2.24, 2.45) is 0 Å². The Morgan fingerprint density at radius 1 is 1.40 bits per heavy atom. The van der Waals surface area contributed by atoms with Gasteiger partial charge < -0.3 is 14.6 Å². The fraction of sp³-hybridized carbons (Fsp3) is 0.667. The van der Waals surface area contributed by atoms with Crippen molar-refractivity contribution in [3.05, 3.63) is 23.2 Å². The van der Waals surface area contributed by atoms with E-state index in [1.54, 1.807) is 0 Å². The molecule has 0 bridgehead atoms. The van der Waals surface area contributed by atoms with Crippen molar-refractivity contribution in [1.82, 2.24) is 10.2 Å². The summed E-state index contributed by atoms with van der Waals surface area (Å²) in [7, 11) is 4.19. The van der Waals surface area contributed by atoms with E-state index in [-0.39, 0.29) is 0 Å². The van der Waals surface area contributed by atoms with Crippen molar-refractivity contribution >= 4 is 0 Å². The minimum atomic E-state index is 0.554. The summed E-state index contributed by atoms with van der Waals surface area (Å²) in [5, 5.41) is 3.44. The Morgan fingerprint density at radius 3 is 2.53 bits per heavy atom. The highest BCUT2D eigenvalue weighted by Gasteiger charge is 2.06. The topological polar surface area (TPSA) is 28.4 Å². The zero-order valence-corrected chi connectivity index (χ0v) is 10.4. The van der Waals surface area contributed by atoms with E-state index < -0.39 is 0 Å². The maximum atomic E-state index is 5.47. The van der Waals surface area contributed by atoms with Gasteiger partial charge in [0.05, 0.1) is 0 Å². The molecule has 0 aliphatic rings. The van der Waals surface area contributed by atoms with Gasteiger partial charge in [-0.3, -0.25) is 0 Å². The zero-order chi connectivity index (χ0) is 11.4. The third-order valence-electron chi connectivity index (χ3n) is 2.78. The lowest BCUT2D eigenvalue weighted by Gasteiger charge is -2.19. The molecule has 0 radical (unpaired) electrons. The van der Waals surface area contributed by atoms with Crippen molar-refractivity contribution < 1.29 is 4.42 Å². The molecule has 0 amide bonds.